The van der Waals surface area contributed by atoms with Crippen LogP contribution < -0.4 is 22.9 Å². The van der Waals surface area contributed by atoms with Gasteiger partial charge in [-0.3, -0.25) is 9.36 Å². The monoisotopic (exact) mass is 396 g/mol. The predicted molar refractivity (Wildman–Crippen MR) is 97.1 cm³/mol. The third kappa shape index (κ3) is 7.23. The van der Waals surface area contributed by atoms with Gasteiger partial charge in [0.05, 0.1) is 12.5 Å². The Kier molecular flexibility index (Phi) is 9.44. The van der Waals surface area contributed by atoms with Crippen molar-refractivity contribution in [3.05, 3.63) is 34.3 Å². The second kappa shape index (κ2) is 11.5. The van der Waals surface area contributed by atoms with Crippen LogP contribution in [0.15, 0.2) is 28.6 Å². The van der Waals surface area contributed by atoms with E-state index >= 15 is 0 Å². The largest absolute Gasteiger partial charge is 0.506 e. The zero-order valence-corrected chi connectivity index (χ0v) is 15.2. The van der Waals surface area contributed by atoms with Gasteiger partial charge in [-0.2, -0.15) is 10.2 Å². The minimum absolute atomic E-state index is 0.0182. The van der Waals surface area contributed by atoms with E-state index in [2.05, 4.69) is 4.98 Å². The second-order valence-corrected chi connectivity index (χ2v) is 5.71. The average molecular weight is 396 g/mol. The molecule has 1 rings (SSSR count). The number of carbonyl (C=O) groups is 1. The fourth-order valence-corrected chi connectivity index (χ4v) is 1.95. The van der Waals surface area contributed by atoms with E-state index in [1.807, 2.05) is 0 Å². The molecule has 12 heteroatoms. The quantitative estimate of drug-likeness (QED) is 0.213. The molecular weight excluding hydrogens is 372 g/mol. The summed E-state index contributed by atoms with van der Waals surface area (Å²) < 4.78 is 11.3. The molecule has 28 heavy (non-hydrogen) atoms. The molecule has 0 saturated carbocycles. The van der Waals surface area contributed by atoms with Crippen molar-refractivity contribution in [1.29, 1.82) is 5.26 Å². The third-order valence-electron chi connectivity index (χ3n) is 3.53. The number of aliphatic hydroxyl groups is 2. The van der Waals surface area contributed by atoms with Crippen molar-refractivity contribution in [1.82, 2.24) is 9.55 Å². The van der Waals surface area contributed by atoms with Crippen molar-refractivity contribution in [2.24, 2.45) is 11.5 Å². The van der Waals surface area contributed by atoms with Crippen LogP contribution in [0, 0.1) is 11.3 Å². The molecule has 1 heterocycles. The Hall–Kier alpha value is -3.14. The van der Waals surface area contributed by atoms with Crippen molar-refractivity contribution in [2.75, 3.05) is 18.9 Å². The standard InChI is InChI=1S/C16H24N6O6/c17-5-1-2-10(19)15(25)27-8-12(14(24)11(23)3-6-18)28-9-22-7-4-13(20)21-16(22)26/h4,7,10-11,23-24H,1-3,5,8-9,17,19H2,(H2,20,21,26)/t10-,11?/m0/s1. The number of rotatable bonds is 11. The average Bonchev–Trinajstić information content (AvgIpc) is 2.66. The maximum Gasteiger partial charge on any atom is 0.352 e. The van der Waals surface area contributed by atoms with E-state index in [0.717, 1.165) is 4.57 Å². The van der Waals surface area contributed by atoms with E-state index in [4.69, 9.17) is 31.9 Å². The van der Waals surface area contributed by atoms with Gasteiger partial charge in [0.1, 0.15) is 18.0 Å². The third-order valence-corrected chi connectivity index (χ3v) is 3.53. The van der Waals surface area contributed by atoms with Crippen LogP contribution in [0.25, 0.3) is 0 Å². The van der Waals surface area contributed by atoms with Gasteiger partial charge in [-0.15, -0.1) is 0 Å². The minimum Gasteiger partial charge on any atom is -0.506 e. The van der Waals surface area contributed by atoms with Gasteiger partial charge >= 0.3 is 11.7 Å². The topological polar surface area (TPSA) is 213 Å². The highest BCUT2D eigenvalue weighted by molar-refractivity contribution is 5.75. The summed E-state index contributed by atoms with van der Waals surface area (Å²) in [5, 5.41) is 28.5. The van der Waals surface area contributed by atoms with Crippen molar-refractivity contribution in [3.63, 3.8) is 0 Å². The van der Waals surface area contributed by atoms with Crippen LogP contribution in [0.3, 0.4) is 0 Å². The summed E-state index contributed by atoms with van der Waals surface area (Å²) in [4.78, 5) is 27.1. The van der Waals surface area contributed by atoms with E-state index in [1.165, 1.54) is 12.3 Å². The molecule has 0 aliphatic carbocycles. The maximum absolute atomic E-state index is 11.9. The predicted octanol–water partition coefficient (Wildman–Crippen LogP) is -1.55. The fraction of sp³-hybridized carbons (Fsp3) is 0.500. The van der Waals surface area contributed by atoms with Crippen molar-refractivity contribution in [3.8, 4) is 6.07 Å². The number of aromatic nitrogens is 2. The number of carbonyl (C=O) groups excluding carboxylic acids is 1. The van der Waals surface area contributed by atoms with Crippen LogP contribution in [0.1, 0.15) is 19.3 Å². The molecule has 154 valence electrons. The number of ether oxygens (including phenoxy) is 2. The number of hydrogen-bond acceptors (Lipinski definition) is 11. The van der Waals surface area contributed by atoms with E-state index in [0.29, 0.717) is 19.4 Å². The summed E-state index contributed by atoms with van der Waals surface area (Å²) in [6.45, 7) is -0.622. The van der Waals surface area contributed by atoms with E-state index < -0.39 is 49.3 Å². The highest BCUT2D eigenvalue weighted by Crippen LogP contribution is 2.13. The number of nitrogens with two attached hydrogens (primary N) is 3. The number of hydrogen-bond donors (Lipinski definition) is 5. The molecule has 0 aromatic carbocycles. The molecule has 0 fully saturated rings. The van der Waals surface area contributed by atoms with Gasteiger partial charge in [0.2, 0.25) is 0 Å². The molecule has 1 aromatic heterocycles. The molecule has 8 N–H and O–H groups in total. The smallest absolute Gasteiger partial charge is 0.352 e. The first kappa shape index (κ1) is 22.9. The summed E-state index contributed by atoms with van der Waals surface area (Å²) in [5.74, 6) is -1.79. The summed E-state index contributed by atoms with van der Waals surface area (Å²) in [5.41, 5.74) is 15.7. The van der Waals surface area contributed by atoms with Gasteiger partial charge in [0.25, 0.3) is 0 Å². The van der Waals surface area contributed by atoms with Crippen LogP contribution >= 0.6 is 0 Å². The Bertz CT molecular complexity index is 787. The molecular formula is C16H24N6O6. The Balaban J connectivity index is 2.88. The molecule has 0 aliphatic rings. The van der Waals surface area contributed by atoms with Crippen LogP contribution in [0.2, 0.25) is 0 Å². The van der Waals surface area contributed by atoms with Crippen LogP contribution in [-0.2, 0) is 21.0 Å². The lowest BCUT2D eigenvalue weighted by molar-refractivity contribution is -0.145. The number of nitriles is 1. The van der Waals surface area contributed by atoms with Crippen LogP contribution in [-0.4, -0.2) is 51.0 Å². The van der Waals surface area contributed by atoms with E-state index in [1.54, 1.807) is 6.07 Å². The molecule has 1 unspecified atom stereocenters. The lowest BCUT2D eigenvalue weighted by Crippen LogP contribution is -2.33. The van der Waals surface area contributed by atoms with Crippen LogP contribution in [0.5, 0.6) is 0 Å². The second-order valence-electron chi connectivity index (χ2n) is 5.71. The van der Waals surface area contributed by atoms with Crippen molar-refractivity contribution < 1.29 is 24.5 Å². The molecule has 0 aliphatic heterocycles. The first-order chi connectivity index (χ1) is 13.3. The Morgan fingerprint density at radius 2 is 2.14 bits per heavy atom. The lowest BCUT2D eigenvalue weighted by Gasteiger charge is -2.17. The van der Waals surface area contributed by atoms with Crippen molar-refractivity contribution in [2.45, 2.75) is 38.1 Å². The first-order valence-corrected chi connectivity index (χ1v) is 8.35. The maximum atomic E-state index is 11.9. The molecule has 0 amide bonds. The molecule has 0 radical (unpaired) electrons. The number of esters is 1. The molecule has 2 atom stereocenters. The summed E-state index contributed by atoms with van der Waals surface area (Å²) >= 11 is 0. The highest BCUT2D eigenvalue weighted by Gasteiger charge is 2.21. The zero-order chi connectivity index (χ0) is 21.1. The number of aliphatic hydroxyl groups excluding tert-OH is 2. The molecule has 1 aromatic rings. The van der Waals surface area contributed by atoms with Gasteiger partial charge in [-0.05, 0) is 25.5 Å². The molecule has 0 bridgehead atoms. The van der Waals surface area contributed by atoms with E-state index in [-0.39, 0.29) is 11.6 Å². The van der Waals surface area contributed by atoms with Gasteiger partial charge < -0.3 is 36.9 Å². The van der Waals surface area contributed by atoms with E-state index in [9.17, 15) is 19.8 Å². The lowest BCUT2D eigenvalue weighted by atomic mass is 10.2. The molecule has 0 spiro atoms. The highest BCUT2D eigenvalue weighted by atomic mass is 16.6. The van der Waals surface area contributed by atoms with Gasteiger partial charge in [-0.1, -0.05) is 0 Å². The molecule has 12 nitrogen and oxygen atoms in total. The first-order valence-electron chi connectivity index (χ1n) is 8.35. The summed E-state index contributed by atoms with van der Waals surface area (Å²) in [7, 11) is 0. The normalized spacial score (nSPS) is 13.8. The summed E-state index contributed by atoms with van der Waals surface area (Å²) in [6.07, 6.45) is 0.150. The van der Waals surface area contributed by atoms with Crippen LogP contribution in [0.4, 0.5) is 5.82 Å². The fourth-order valence-electron chi connectivity index (χ4n) is 1.95. The Labute approximate surface area is 160 Å². The van der Waals surface area contributed by atoms with Gasteiger partial charge in [0, 0.05) is 6.20 Å². The van der Waals surface area contributed by atoms with Gasteiger partial charge in [0.15, 0.2) is 24.9 Å². The number of nitrogens with zero attached hydrogens (tertiary/aromatic N) is 3. The molecule has 0 saturated heterocycles. The van der Waals surface area contributed by atoms with Gasteiger partial charge in [-0.25, -0.2) is 4.79 Å². The minimum atomic E-state index is -1.56. The Morgan fingerprint density at radius 1 is 1.43 bits per heavy atom. The number of anilines is 1. The van der Waals surface area contributed by atoms with Crippen molar-refractivity contribution >= 4 is 11.8 Å². The zero-order valence-electron chi connectivity index (χ0n) is 15.2. The Morgan fingerprint density at radius 3 is 2.75 bits per heavy atom. The SMILES string of the molecule is N#CCC(O)C(O)=C(COC(=O)[C@@H](N)CCCN)OCn1ccc(N)nc1=O. The number of nitrogen functional groups attached to an aromatic ring is 1. The summed E-state index contributed by atoms with van der Waals surface area (Å²) in [6, 6.07) is 2.12.